The Balaban J connectivity index is 1.59. The number of nitrogens with one attached hydrogen (secondary N) is 2. The maximum absolute atomic E-state index is 13.2. The molecule has 2 aromatic heterocycles. The molecule has 4 rings (SSSR count). The summed E-state index contributed by atoms with van der Waals surface area (Å²) in [4.78, 5) is 57.6. The van der Waals surface area contributed by atoms with Gasteiger partial charge in [-0.05, 0) is 54.0 Å². The van der Waals surface area contributed by atoms with E-state index in [0.29, 0.717) is 18.5 Å². The predicted molar refractivity (Wildman–Crippen MR) is 125 cm³/mol. The number of nitrogens with zero attached hydrogens (tertiary/aromatic N) is 2. The molecule has 0 bridgehead atoms. The number of ether oxygens (including phenoxy) is 1. The molecule has 3 aromatic rings. The van der Waals surface area contributed by atoms with Crippen molar-refractivity contribution in [2.75, 3.05) is 19.0 Å². The second-order valence-electron chi connectivity index (χ2n) is 8.42. The molecule has 1 aromatic carbocycles. The number of nitrogens with two attached hydrogens (primary N) is 1. The summed E-state index contributed by atoms with van der Waals surface area (Å²) in [6, 6.07) is 9.81. The number of aromatic nitrogens is 2. The lowest BCUT2D eigenvalue weighted by Gasteiger charge is -2.38. The first kappa shape index (κ1) is 23.0. The van der Waals surface area contributed by atoms with Crippen LogP contribution in [0.3, 0.4) is 0 Å². The van der Waals surface area contributed by atoms with Gasteiger partial charge in [0.1, 0.15) is 5.56 Å². The summed E-state index contributed by atoms with van der Waals surface area (Å²) >= 11 is 0. The minimum absolute atomic E-state index is 0.00794. The number of hydrogen-bond donors (Lipinski definition) is 3. The highest BCUT2D eigenvalue weighted by Crippen LogP contribution is 2.34. The minimum atomic E-state index is -0.841. The van der Waals surface area contributed by atoms with Crippen molar-refractivity contribution in [1.82, 2.24) is 14.9 Å². The van der Waals surface area contributed by atoms with Crippen molar-refractivity contribution in [1.29, 1.82) is 0 Å². The van der Waals surface area contributed by atoms with Crippen LogP contribution in [0.1, 0.15) is 41.7 Å². The van der Waals surface area contributed by atoms with E-state index < -0.39 is 17.7 Å². The van der Waals surface area contributed by atoms with E-state index in [2.05, 4.69) is 15.3 Å². The fraction of sp³-hybridized carbons (Fsp3) is 0.292. The zero-order valence-corrected chi connectivity index (χ0v) is 18.8. The molecule has 4 N–H and O–H groups in total. The van der Waals surface area contributed by atoms with Gasteiger partial charge in [0.15, 0.2) is 0 Å². The summed E-state index contributed by atoms with van der Waals surface area (Å²) in [7, 11) is 1.35. The number of methoxy groups -OCH3 is 1. The molecule has 10 nitrogen and oxygen atoms in total. The molecule has 0 saturated carbocycles. The van der Waals surface area contributed by atoms with E-state index in [1.165, 1.54) is 25.4 Å². The van der Waals surface area contributed by atoms with E-state index in [1.807, 2.05) is 19.1 Å². The van der Waals surface area contributed by atoms with Crippen LogP contribution in [0.4, 0.5) is 5.69 Å². The van der Waals surface area contributed by atoms with E-state index in [9.17, 15) is 19.2 Å². The quantitative estimate of drug-likeness (QED) is 0.504. The van der Waals surface area contributed by atoms with Crippen molar-refractivity contribution < 1.29 is 19.1 Å². The van der Waals surface area contributed by atoms with Gasteiger partial charge in [0, 0.05) is 18.1 Å². The summed E-state index contributed by atoms with van der Waals surface area (Å²) in [6.07, 6.45) is 2.89. The third-order valence-electron chi connectivity index (χ3n) is 5.97. The fourth-order valence-electron chi connectivity index (χ4n) is 4.28. The second-order valence-corrected chi connectivity index (χ2v) is 8.42. The number of aromatic amines is 1. The highest BCUT2D eigenvalue weighted by Gasteiger charge is 2.34. The number of anilines is 1. The van der Waals surface area contributed by atoms with Crippen LogP contribution < -0.4 is 21.3 Å². The normalized spacial score (nSPS) is 17.9. The number of fused-ring (bicyclic) bond motifs is 1. The first-order valence-electron chi connectivity index (χ1n) is 10.9. The van der Waals surface area contributed by atoms with Crippen molar-refractivity contribution in [2.45, 2.75) is 25.8 Å². The first-order valence-corrected chi connectivity index (χ1v) is 10.9. The molecule has 0 spiro atoms. The Morgan fingerprint density at radius 1 is 1.18 bits per heavy atom. The number of piperidine rings is 1. The molecule has 1 fully saturated rings. The third-order valence-corrected chi connectivity index (χ3v) is 5.97. The van der Waals surface area contributed by atoms with Gasteiger partial charge in [0.05, 0.1) is 25.0 Å². The minimum Gasteiger partial charge on any atom is -0.480 e. The summed E-state index contributed by atoms with van der Waals surface area (Å²) in [6.45, 7) is 2.46. The van der Waals surface area contributed by atoms with Gasteiger partial charge in [0.2, 0.25) is 11.4 Å². The van der Waals surface area contributed by atoms with Gasteiger partial charge in [-0.3, -0.25) is 19.2 Å². The lowest BCUT2D eigenvalue weighted by atomic mass is 9.89. The molecule has 1 saturated heterocycles. The van der Waals surface area contributed by atoms with Crippen LogP contribution in [-0.2, 0) is 9.59 Å². The van der Waals surface area contributed by atoms with E-state index in [1.54, 1.807) is 17.0 Å². The van der Waals surface area contributed by atoms with E-state index in [-0.39, 0.29) is 34.6 Å². The highest BCUT2D eigenvalue weighted by atomic mass is 16.5. The molecule has 3 amide bonds. The zero-order valence-electron chi connectivity index (χ0n) is 18.8. The Bertz CT molecular complexity index is 1330. The second kappa shape index (κ2) is 9.34. The number of primary amides is 1. The molecule has 1 aliphatic rings. The Morgan fingerprint density at radius 3 is 2.71 bits per heavy atom. The number of pyridine rings is 2. The van der Waals surface area contributed by atoms with Crippen LogP contribution in [0, 0.1) is 5.92 Å². The summed E-state index contributed by atoms with van der Waals surface area (Å²) in [5, 5.41) is 3.36. The monoisotopic (exact) mass is 463 g/mol. The average Bonchev–Trinajstić information content (AvgIpc) is 2.83. The largest absolute Gasteiger partial charge is 0.480 e. The average molecular weight is 463 g/mol. The maximum atomic E-state index is 13.2. The van der Waals surface area contributed by atoms with Crippen molar-refractivity contribution in [3.8, 4) is 5.88 Å². The summed E-state index contributed by atoms with van der Waals surface area (Å²) in [5.74, 6) is -2.04. The summed E-state index contributed by atoms with van der Waals surface area (Å²) < 4.78 is 5.00. The van der Waals surface area contributed by atoms with E-state index in [0.717, 1.165) is 17.4 Å². The number of likely N-dealkylation sites (tertiary alicyclic amines) is 1. The van der Waals surface area contributed by atoms with Crippen LogP contribution in [0.5, 0.6) is 5.88 Å². The van der Waals surface area contributed by atoms with Crippen molar-refractivity contribution in [3.05, 3.63) is 64.1 Å². The lowest BCUT2D eigenvalue weighted by Crippen LogP contribution is -2.46. The zero-order chi connectivity index (χ0) is 24.4. The molecular weight excluding hydrogens is 438 g/mol. The van der Waals surface area contributed by atoms with Crippen LogP contribution in [0.15, 0.2) is 47.4 Å². The standard InChI is InChI=1S/C24H25N5O5/c1-13-3-7-19(15-4-6-18-14(9-15)5-8-20(30)28-18)29(12-13)24(33)22(32)27-16-10-17(21(25)31)23(34-2)26-11-16/h4-6,8-11,13,19H,3,7,12H2,1-2H3,(H2,25,31)(H,27,32)(H,28,30)/t13-,19+/m1/s1. The van der Waals surface area contributed by atoms with Crippen LogP contribution in [0.25, 0.3) is 10.9 Å². The fourth-order valence-corrected chi connectivity index (χ4v) is 4.28. The number of H-pyrrole nitrogens is 1. The summed E-state index contributed by atoms with van der Waals surface area (Å²) in [5.41, 5.74) is 6.89. The van der Waals surface area contributed by atoms with E-state index >= 15 is 0 Å². The van der Waals surface area contributed by atoms with Gasteiger partial charge in [-0.15, -0.1) is 0 Å². The van der Waals surface area contributed by atoms with Gasteiger partial charge in [-0.1, -0.05) is 13.0 Å². The highest BCUT2D eigenvalue weighted by molar-refractivity contribution is 6.39. The molecular formula is C24H25N5O5. The SMILES string of the molecule is COc1ncc(NC(=O)C(=O)N2C[C@H](C)CC[C@H]2c2ccc3[nH]c(=O)ccc3c2)cc1C(N)=O. The van der Waals surface area contributed by atoms with Crippen LogP contribution in [-0.4, -0.2) is 46.2 Å². The van der Waals surface area contributed by atoms with Gasteiger partial charge >= 0.3 is 11.8 Å². The molecule has 10 heteroatoms. The molecule has 34 heavy (non-hydrogen) atoms. The maximum Gasteiger partial charge on any atom is 0.313 e. The van der Waals surface area contributed by atoms with Gasteiger partial charge in [-0.25, -0.2) is 4.98 Å². The number of carbonyl (C=O) groups excluding carboxylic acids is 3. The Morgan fingerprint density at radius 2 is 1.97 bits per heavy atom. The Hall–Kier alpha value is -4.21. The number of hydrogen-bond acceptors (Lipinski definition) is 6. The topological polar surface area (TPSA) is 147 Å². The Kier molecular flexibility index (Phi) is 6.31. The van der Waals surface area contributed by atoms with Crippen molar-refractivity contribution >= 4 is 34.3 Å². The number of rotatable bonds is 4. The molecule has 2 atom stereocenters. The predicted octanol–water partition coefficient (Wildman–Crippen LogP) is 1.97. The molecule has 1 aliphatic heterocycles. The smallest absolute Gasteiger partial charge is 0.313 e. The molecule has 3 heterocycles. The number of carbonyl (C=O) groups is 3. The molecule has 0 unspecified atom stereocenters. The first-order chi connectivity index (χ1) is 16.3. The lowest BCUT2D eigenvalue weighted by molar-refractivity contribution is -0.146. The number of amides is 3. The van der Waals surface area contributed by atoms with Gasteiger partial charge < -0.3 is 25.7 Å². The van der Waals surface area contributed by atoms with Crippen LogP contribution >= 0.6 is 0 Å². The van der Waals surface area contributed by atoms with Crippen molar-refractivity contribution in [2.24, 2.45) is 11.7 Å². The van der Waals surface area contributed by atoms with Crippen molar-refractivity contribution in [3.63, 3.8) is 0 Å². The van der Waals surface area contributed by atoms with Gasteiger partial charge in [-0.2, -0.15) is 0 Å². The van der Waals surface area contributed by atoms with E-state index in [4.69, 9.17) is 10.5 Å². The third kappa shape index (κ3) is 4.61. The molecule has 0 radical (unpaired) electrons. The number of benzene rings is 1. The molecule has 176 valence electrons. The Labute approximate surface area is 195 Å². The van der Waals surface area contributed by atoms with Gasteiger partial charge in [0.25, 0.3) is 5.91 Å². The molecule has 0 aliphatic carbocycles. The van der Waals surface area contributed by atoms with Crippen LogP contribution in [0.2, 0.25) is 0 Å².